The summed E-state index contributed by atoms with van der Waals surface area (Å²) in [7, 11) is 0. The first-order valence-corrected chi connectivity index (χ1v) is 7.97. The molecule has 0 amide bonds. The predicted molar refractivity (Wildman–Crippen MR) is 92.6 cm³/mol. The summed E-state index contributed by atoms with van der Waals surface area (Å²) in [5.74, 6) is -1.30. The number of H-pyrrole nitrogens is 1. The van der Waals surface area contributed by atoms with Gasteiger partial charge < -0.3 is 5.32 Å². The molecular weight excluding hydrogens is 378 g/mol. The van der Waals surface area contributed by atoms with Gasteiger partial charge in [0.25, 0.3) is 0 Å². The molecule has 1 aromatic heterocycles. The van der Waals surface area contributed by atoms with Crippen LogP contribution in [0.5, 0.6) is 0 Å². The molecule has 0 spiro atoms. The van der Waals surface area contributed by atoms with E-state index in [1.807, 2.05) is 25.1 Å². The zero-order valence-electron chi connectivity index (χ0n) is 12.5. The minimum Gasteiger partial charge on any atom is -0.336 e. The summed E-state index contributed by atoms with van der Waals surface area (Å²) in [5.41, 5.74) is 3.61. The minimum atomic E-state index is -0.700. The normalized spacial score (nSPS) is 12.8. The summed E-state index contributed by atoms with van der Waals surface area (Å²) in [6.07, 6.45) is 1.57. The van der Waals surface area contributed by atoms with E-state index in [9.17, 15) is 8.78 Å². The van der Waals surface area contributed by atoms with Gasteiger partial charge >= 0.3 is 0 Å². The number of fused-ring (bicyclic) bond motifs is 3. The Morgan fingerprint density at radius 1 is 1.08 bits per heavy atom. The first-order valence-electron chi connectivity index (χ1n) is 7.18. The second kappa shape index (κ2) is 5.52. The maximum atomic E-state index is 14.4. The van der Waals surface area contributed by atoms with Crippen LogP contribution in [0.2, 0.25) is 0 Å². The second-order valence-electron chi connectivity index (χ2n) is 5.51. The number of hydrogen-bond acceptors (Lipinski definition) is 3. The fourth-order valence-corrected chi connectivity index (χ4v) is 3.10. The molecule has 2 aromatic carbocycles. The lowest BCUT2D eigenvalue weighted by molar-refractivity contribution is 0.577. The average Bonchev–Trinajstić information content (AvgIpc) is 2.90. The highest BCUT2D eigenvalue weighted by atomic mass is 79.9. The first kappa shape index (κ1) is 15.0. The third-order valence-electron chi connectivity index (χ3n) is 3.79. The maximum Gasteiger partial charge on any atom is 0.144 e. The van der Waals surface area contributed by atoms with Crippen molar-refractivity contribution in [3.8, 4) is 11.3 Å². The topological polar surface area (TPSA) is 53.1 Å². The zero-order valence-corrected chi connectivity index (χ0v) is 14.1. The van der Waals surface area contributed by atoms with Gasteiger partial charge in [-0.15, -0.1) is 0 Å². The van der Waals surface area contributed by atoms with E-state index in [4.69, 9.17) is 0 Å². The molecular formula is C17H11BrF2N4. The molecule has 4 nitrogen and oxygen atoms in total. The largest absolute Gasteiger partial charge is 0.336 e. The Hall–Kier alpha value is -2.54. The van der Waals surface area contributed by atoms with Gasteiger partial charge in [0, 0.05) is 10.0 Å². The molecule has 3 aromatic rings. The molecule has 0 fully saturated rings. The Morgan fingerprint density at radius 2 is 1.83 bits per heavy atom. The fourth-order valence-electron chi connectivity index (χ4n) is 2.70. The number of nitrogens with one attached hydrogen (secondary N) is 2. The highest BCUT2D eigenvalue weighted by molar-refractivity contribution is 9.10. The Labute approximate surface area is 144 Å². The Morgan fingerprint density at radius 3 is 2.58 bits per heavy atom. The number of aromatic amines is 1. The van der Waals surface area contributed by atoms with Crippen LogP contribution >= 0.6 is 15.9 Å². The maximum absolute atomic E-state index is 14.4. The van der Waals surface area contributed by atoms with Gasteiger partial charge in [0.05, 0.1) is 28.8 Å². The van der Waals surface area contributed by atoms with E-state index in [1.165, 1.54) is 12.1 Å². The van der Waals surface area contributed by atoms with Crippen LogP contribution in [0.4, 0.5) is 20.2 Å². The van der Waals surface area contributed by atoms with Gasteiger partial charge in [-0.3, -0.25) is 5.10 Å². The zero-order chi connectivity index (χ0) is 16.8. The lowest BCUT2D eigenvalue weighted by Crippen LogP contribution is -2.16. The van der Waals surface area contributed by atoms with Crippen LogP contribution in [-0.4, -0.2) is 16.0 Å². The number of benzene rings is 2. The summed E-state index contributed by atoms with van der Waals surface area (Å²) in [6, 6.07) is 8.08. The standard InChI is InChI=1S/C17H11BrF2N4/c1-8-2-3-13-10(4-8)16-14(7-21-24-16)23-17(22-13)15-11(19)5-9(18)6-12(15)20/h2-7H,1H3,(H,21,24)(H,22,23). The van der Waals surface area contributed by atoms with Crippen molar-refractivity contribution in [3.63, 3.8) is 0 Å². The van der Waals surface area contributed by atoms with Crippen LogP contribution in [0.15, 0.2) is 46.0 Å². The first-order chi connectivity index (χ1) is 11.5. The van der Waals surface area contributed by atoms with Crippen LogP contribution in [-0.2, 0) is 0 Å². The quantitative estimate of drug-likeness (QED) is 0.620. The second-order valence-corrected chi connectivity index (χ2v) is 6.42. The van der Waals surface area contributed by atoms with Gasteiger partial charge in [0.1, 0.15) is 17.5 Å². The van der Waals surface area contributed by atoms with E-state index in [-0.39, 0.29) is 11.4 Å². The highest BCUT2D eigenvalue weighted by Crippen LogP contribution is 2.38. The van der Waals surface area contributed by atoms with Crippen LogP contribution in [0.3, 0.4) is 0 Å². The van der Waals surface area contributed by atoms with Gasteiger partial charge in [-0.1, -0.05) is 27.6 Å². The van der Waals surface area contributed by atoms with Crippen molar-refractivity contribution in [2.45, 2.75) is 6.92 Å². The monoisotopic (exact) mass is 388 g/mol. The molecule has 0 atom stereocenters. The number of anilines is 1. The van der Waals surface area contributed by atoms with Gasteiger partial charge in [-0.05, 0) is 31.2 Å². The third kappa shape index (κ3) is 2.41. The molecule has 0 saturated carbocycles. The Balaban J connectivity index is 1.98. The molecule has 24 heavy (non-hydrogen) atoms. The van der Waals surface area contributed by atoms with Crippen molar-refractivity contribution in [2.24, 2.45) is 4.99 Å². The van der Waals surface area contributed by atoms with Crippen LogP contribution in [0.1, 0.15) is 11.1 Å². The molecule has 4 rings (SSSR count). The number of halogens is 3. The van der Waals surface area contributed by atoms with Crippen molar-refractivity contribution in [1.29, 1.82) is 0 Å². The van der Waals surface area contributed by atoms with Gasteiger partial charge in [0.15, 0.2) is 0 Å². The van der Waals surface area contributed by atoms with Crippen molar-refractivity contribution in [3.05, 3.63) is 63.8 Å². The lowest BCUT2D eigenvalue weighted by atomic mass is 10.1. The molecule has 2 N–H and O–H groups in total. The van der Waals surface area contributed by atoms with Crippen molar-refractivity contribution < 1.29 is 8.78 Å². The fraction of sp³-hybridized carbons (Fsp3) is 0.0588. The number of rotatable bonds is 1. The molecule has 0 unspecified atom stereocenters. The van der Waals surface area contributed by atoms with E-state index in [1.54, 1.807) is 6.20 Å². The van der Waals surface area contributed by atoms with E-state index in [0.717, 1.165) is 16.8 Å². The summed E-state index contributed by atoms with van der Waals surface area (Å²) in [4.78, 5) is 4.45. The number of amidine groups is 1. The van der Waals surface area contributed by atoms with E-state index < -0.39 is 11.6 Å². The van der Waals surface area contributed by atoms with Crippen LogP contribution < -0.4 is 5.32 Å². The molecule has 0 radical (unpaired) electrons. The predicted octanol–water partition coefficient (Wildman–Crippen LogP) is 4.93. The number of aromatic nitrogens is 2. The number of hydrogen-bond donors (Lipinski definition) is 2. The third-order valence-corrected chi connectivity index (χ3v) is 4.25. The van der Waals surface area contributed by atoms with Crippen molar-refractivity contribution in [2.75, 3.05) is 5.32 Å². The van der Waals surface area contributed by atoms with Gasteiger partial charge in [-0.2, -0.15) is 5.10 Å². The molecule has 0 bridgehead atoms. The van der Waals surface area contributed by atoms with Crippen LogP contribution in [0, 0.1) is 18.6 Å². The van der Waals surface area contributed by atoms with Gasteiger partial charge in [0.2, 0.25) is 0 Å². The van der Waals surface area contributed by atoms with E-state index >= 15 is 0 Å². The summed E-state index contributed by atoms with van der Waals surface area (Å²) < 4.78 is 29.0. The van der Waals surface area contributed by atoms with Gasteiger partial charge in [-0.25, -0.2) is 13.8 Å². The lowest BCUT2D eigenvalue weighted by Gasteiger charge is -2.10. The smallest absolute Gasteiger partial charge is 0.144 e. The molecule has 7 heteroatoms. The number of aryl methyl sites for hydroxylation is 1. The summed E-state index contributed by atoms with van der Waals surface area (Å²) >= 11 is 3.08. The summed E-state index contributed by atoms with van der Waals surface area (Å²) in [5, 5.41) is 9.92. The molecule has 2 heterocycles. The molecule has 1 aliphatic rings. The van der Waals surface area contributed by atoms with E-state index in [0.29, 0.717) is 15.8 Å². The molecule has 1 aliphatic heterocycles. The molecule has 0 aliphatic carbocycles. The van der Waals surface area contributed by atoms with Crippen molar-refractivity contribution >= 4 is 33.1 Å². The molecule has 0 saturated heterocycles. The number of nitrogens with zero attached hydrogens (tertiary/aromatic N) is 2. The van der Waals surface area contributed by atoms with Crippen molar-refractivity contribution in [1.82, 2.24) is 10.2 Å². The Bertz CT molecular complexity index is 971. The number of aliphatic imine (C=N–C) groups is 1. The SMILES string of the molecule is Cc1ccc2c(c1)-c1[nH]ncc1NC(c1c(F)cc(Br)cc1F)=N2. The summed E-state index contributed by atoms with van der Waals surface area (Å²) in [6.45, 7) is 1.97. The molecule has 120 valence electrons. The average molecular weight is 389 g/mol. The highest BCUT2D eigenvalue weighted by Gasteiger charge is 2.23. The van der Waals surface area contributed by atoms with E-state index in [2.05, 4.69) is 36.4 Å². The Kier molecular flexibility index (Phi) is 3.45. The van der Waals surface area contributed by atoms with Crippen LogP contribution in [0.25, 0.3) is 11.3 Å². The minimum absolute atomic E-state index is 0.0998.